The van der Waals surface area contributed by atoms with Crippen LogP contribution in [0.25, 0.3) is 11.0 Å². The van der Waals surface area contributed by atoms with Crippen molar-refractivity contribution in [1.82, 2.24) is 9.55 Å². The van der Waals surface area contributed by atoms with Crippen molar-refractivity contribution < 1.29 is 4.39 Å². The lowest BCUT2D eigenvalue weighted by Gasteiger charge is -2.15. The summed E-state index contributed by atoms with van der Waals surface area (Å²) in [6.07, 6.45) is 2.09. The van der Waals surface area contributed by atoms with Crippen molar-refractivity contribution in [2.24, 2.45) is 5.92 Å². The fraction of sp³-hybridized carbons (Fsp3) is 0.500. The number of aromatic nitrogens is 2. The van der Waals surface area contributed by atoms with Gasteiger partial charge in [0.15, 0.2) is 5.82 Å². The minimum Gasteiger partial charge on any atom is -0.326 e. The molecule has 0 radical (unpaired) electrons. The van der Waals surface area contributed by atoms with E-state index in [0.29, 0.717) is 11.4 Å². The second-order valence-corrected chi connectivity index (χ2v) is 6.43. The predicted molar refractivity (Wildman–Crippen MR) is 81.5 cm³/mol. The smallest absolute Gasteiger partial charge is 0.151 e. The lowest BCUT2D eigenvalue weighted by Crippen LogP contribution is -2.13. The minimum absolute atomic E-state index is 0.228. The fourth-order valence-corrected chi connectivity index (χ4v) is 3.12. The molecule has 0 aliphatic rings. The van der Waals surface area contributed by atoms with E-state index in [1.165, 1.54) is 6.07 Å². The third-order valence-electron chi connectivity index (χ3n) is 3.06. The lowest BCUT2D eigenvalue weighted by molar-refractivity contribution is 0.524. The maximum Gasteiger partial charge on any atom is 0.151 e. The van der Waals surface area contributed by atoms with Gasteiger partial charge in [-0.2, -0.15) is 11.8 Å². The maximum atomic E-state index is 13.8. The summed E-state index contributed by atoms with van der Waals surface area (Å²) in [4.78, 5) is 4.37. The van der Waals surface area contributed by atoms with Gasteiger partial charge in [-0.05, 0) is 37.0 Å². The molecule has 0 spiro atoms. The highest BCUT2D eigenvalue weighted by Gasteiger charge is 2.18. The Kier molecular flexibility index (Phi) is 4.74. The number of fused-ring (bicyclic) bond motifs is 1. The zero-order chi connectivity index (χ0) is 14.0. The molecule has 2 atom stereocenters. The van der Waals surface area contributed by atoms with Crippen LogP contribution in [0.4, 0.5) is 4.39 Å². The van der Waals surface area contributed by atoms with Gasteiger partial charge in [-0.25, -0.2) is 9.37 Å². The van der Waals surface area contributed by atoms with Crippen LogP contribution in [0.3, 0.4) is 0 Å². The summed E-state index contributed by atoms with van der Waals surface area (Å²) in [6, 6.07) is 5.06. The Labute approximate surface area is 122 Å². The van der Waals surface area contributed by atoms with E-state index >= 15 is 0 Å². The molecule has 2 nitrogen and oxygen atoms in total. The zero-order valence-corrected chi connectivity index (χ0v) is 12.9. The SMILES string of the molecule is CSCC(C)Cn1c(C(C)Cl)nc2c(F)cccc21. The van der Waals surface area contributed by atoms with E-state index < -0.39 is 0 Å². The van der Waals surface area contributed by atoms with Crippen molar-refractivity contribution in [2.75, 3.05) is 12.0 Å². The molecular weight excluding hydrogens is 283 g/mol. The fourth-order valence-electron chi connectivity index (χ4n) is 2.28. The number of thioether (sulfide) groups is 1. The van der Waals surface area contributed by atoms with Gasteiger partial charge in [0.1, 0.15) is 11.3 Å². The Hall–Kier alpha value is -0.740. The average Bonchev–Trinajstić information content (AvgIpc) is 2.70. The van der Waals surface area contributed by atoms with Crippen LogP contribution in [0.1, 0.15) is 25.0 Å². The van der Waals surface area contributed by atoms with E-state index in [-0.39, 0.29) is 11.2 Å². The molecule has 2 unspecified atom stereocenters. The molecular formula is C14H18ClFN2S. The summed E-state index contributed by atoms with van der Waals surface area (Å²) < 4.78 is 15.9. The van der Waals surface area contributed by atoms with Crippen LogP contribution >= 0.6 is 23.4 Å². The molecule has 5 heteroatoms. The Balaban J connectivity index is 2.49. The van der Waals surface area contributed by atoms with Gasteiger partial charge in [0, 0.05) is 6.54 Å². The normalized spacial score (nSPS) is 14.8. The van der Waals surface area contributed by atoms with Crippen LogP contribution in [0.5, 0.6) is 0 Å². The summed E-state index contributed by atoms with van der Waals surface area (Å²) >= 11 is 8.00. The largest absolute Gasteiger partial charge is 0.326 e. The van der Waals surface area contributed by atoms with E-state index in [2.05, 4.69) is 22.7 Å². The Bertz CT molecular complexity index is 568. The molecule has 2 aromatic rings. The zero-order valence-electron chi connectivity index (χ0n) is 11.4. The van der Waals surface area contributed by atoms with Crippen LogP contribution in [0.2, 0.25) is 0 Å². The van der Waals surface area contributed by atoms with Gasteiger partial charge < -0.3 is 4.57 Å². The van der Waals surface area contributed by atoms with Gasteiger partial charge in [-0.15, -0.1) is 11.6 Å². The summed E-state index contributed by atoms with van der Waals surface area (Å²) in [5.41, 5.74) is 1.25. The molecule has 0 fully saturated rings. The van der Waals surface area contributed by atoms with Crippen molar-refractivity contribution in [3.05, 3.63) is 29.8 Å². The van der Waals surface area contributed by atoms with Gasteiger partial charge in [0.25, 0.3) is 0 Å². The van der Waals surface area contributed by atoms with Gasteiger partial charge in [0.2, 0.25) is 0 Å². The van der Waals surface area contributed by atoms with Gasteiger partial charge in [-0.3, -0.25) is 0 Å². The minimum atomic E-state index is -0.285. The predicted octanol–water partition coefficient (Wildman–Crippen LogP) is 4.47. The number of hydrogen-bond acceptors (Lipinski definition) is 2. The second kappa shape index (κ2) is 6.14. The maximum absolute atomic E-state index is 13.8. The molecule has 104 valence electrons. The van der Waals surface area contributed by atoms with Crippen molar-refractivity contribution in [1.29, 1.82) is 0 Å². The Morgan fingerprint density at radius 3 is 2.79 bits per heavy atom. The van der Waals surface area contributed by atoms with Crippen LogP contribution in [0.15, 0.2) is 18.2 Å². The first kappa shape index (κ1) is 14.7. The molecule has 0 aliphatic heterocycles. The van der Waals surface area contributed by atoms with E-state index in [4.69, 9.17) is 11.6 Å². The molecule has 0 bridgehead atoms. The number of rotatable bonds is 5. The number of imidazole rings is 1. The number of nitrogens with zero attached hydrogens (tertiary/aromatic N) is 2. The molecule has 1 heterocycles. The number of para-hydroxylation sites is 1. The molecule has 0 saturated carbocycles. The van der Waals surface area contributed by atoms with Crippen LogP contribution < -0.4 is 0 Å². The van der Waals surface area contributed by atoms with Crippen molar-refractivity contribution in [2.45, 2.75) is 25.8 Å². The number of benzene rings is 1. The van der Waals surface area contributed by atoms with E-state index in [9.17, 15) is 4.39 Å². The topological polar surface area (TPSA) is 17.8 Å². The molecule has 1 aromatic heterocycles. The van der Waals surface area contributed by atoms with Crippen LogP contribution in [-0.4, -0.2) is 21.6 Å². The third-order valence-corrected chi connectivity index (χ3v) is 4.16. The Morgan fingerprint density at radius 1 is 1.42 bits per heavy atom. The summed E-state index contributed by atoms with van der Waals surface area (Å²) in [5, 5.41) is -0.228. The van der Waals surface area contributed by atoms with Crippen molar-refractivity contribution in [3.8, 4) is 0 Å². The summed E-state index contributed by atoms with van der Waals surface area (Å²) in [6.45, 7) is 4.87. The third kappa shape index (κ3) is 3.06. The molecule has 0 amide bonds. The van der Waals surface area contributed by atoms with Gasteiger partial charge in [-0.1, -0.05) is 13.0 Å². The number of hydrogen-bond donors (Lipinski definition) is 0. The molecule has 0 aliphatic carbocycles. The van der Waals surface area contributed by atoms with E-state index in [1.807, 2.05) is 24.8 Å². The number of halogens is 2. The van der Waals surface area contributed by atoms with Gasteiger partial charge in [0.05, 0.1) is 10.9 Å². The highest BCUT2D eigenvalue weighted by atomic mass is 35.5. The first-order valence-corrected chi connectivity index (χ1v) is 8.15. The lowest BCUT2D eigenvalue weighted by atomic mass is 10.2. The molecule has 19 heavy (non-hydrogen) atoms. The second-order valence-electron chi connectivity index (χ2n) is 4.86. The van der Waals surface area contributed by atoms with Crippen LogP contribution in [-0.2, 0) is 6.54 Å². The van der Waals surface area contributed by atoms with Gasteiger partial charge >= 0.3 is 0 Å². The monoisotopic (exact) mass is 300 g/mol. The average molecular weight is 301 g/mol. The Morgan fingerprint density at radius 2 is 2.16 bits per heavy atom. The van der Waals surface area contributed by atoms with Crippen molar-refractivity contribution >= 4 is 34.4 Å². The van der Waals surface area contributed by atoms with Crippen molar-refractivity contribution in [3.63, 3.8) is 0 Å². The standard InChI is InChI=1S/C14H18ClFN2S/c1-9(8-19-3)7-18-12-6-4-5-11(16)13(12)17-14(18)10(2)15/h4-6,9-10H,7-8H2,1-3H3. The van der Waals surface area contributed by atoms with Crippen LogP contribution in [0, 0.1) is 11.7 Å². The molecule has 2 rings (SSSR count). The molecule has 0 saturated heterocycles. The first-order valence-electron chi connectivity index (χ1n) is 6.32. The van der Waals surface area contributed by atoms with E-state index in [1.54, 1.807) is 6.07 Å². The summed E-state index contributed by atoms with van der Waals surface area (Å²) in [7, 11) is 0. The summed E-state index contributed by atoms with van der Waals surface area (Å²) in [5.74, 6) is 2.01. The highest BCUT2D eigenvalue weighted by molar-refractivity contribution is 7.98. The first-order chi connectivity index (χ1) is 9.04. The molecule has 0 N–H and O–H groups in total. The quantitative estimate of drug-likeness (QED) is 0.758. The number of alkyl halides is 1. The molecule has 1 aromatic carbocycles. The highest BCUT2D eigenvalue weighted by Crippen LogP contribution is 2.27. The van der Waals surface area contributed by atoms with E-state index in [0.717, 1.165) is 23.6 Å².